The van der Waals surface area contributed by atoms with E-state index in [0.717, 1.165) is 0 Å². The summed E-state index contributed by atoms with van der Waals surface area (Å²) in [6.45, 7) is 2.83. The largest absolute Gasteiger partial charge is 0.355 e. The first kappa shape index (κ1) is 11.6. The van der Waals surface area contributed by atoms with Gasteiger partial charge in [-0.3, -0.25) is 9.59 Å². The summed E-state index contributed by atoms with van der Waals surface area (Å²) in [4.78, 5) is 22.4. The number of piperidine rings is 1. The summed E-state index contributed by atoms with van der Waals surface area (Å²) < 4.78 is 0. The molecule has 1 atom stereocenters. The molecule has 0 aliphatic carbocycles. The summed E-state index contributed by atoms with van der Waals surface area (Å²) in [5.41, 5.74) is 0. The Labute approximate surface area is 89.8 Å². The smallest absolute Gasteiger partial charge is 0.224 e. The zero-order valence-corrected chi connectivity index (χ0v) is 8.93. The molecule has 1 aliphatic rings. The fraction of sp³-hybridized carbons (Fsp3) is 0.636. The highest BCUT2D eigenvalue weighted by Crippen LogP contribution is 2.10. The van der Waals surface area contributed by atoms with Gasteiger partial charge in [-0.15, -0.1) is 11.8 Å². The van der Waals surface area contributed by atoms with Gasteiger partial charge in [-0.1, -0.05) is 0 Å². The molecule has 0 aromatic rings. The molecule has 2 N–H and O–H groups in total. The SMILES string of the molecule is CC#CCCNC(=O)C1CCC(=O)NC1. The molecule has 0 radical (unpaired) electrons. The molecule has 0 aromatic carbocycles. The molecule has 1 rings (SSSR count). The van der Waals surface area contributed by atoms with Crippen LogP contribution in [0.3, 0.4) is 0 Å². The number of carbonyl (C=O) groups is 2. The zero-order valence-electron chi connectivity index (χ0n) is 8.93. The van der Waals surface area contributed by atoms with Crippen LogP contribution in [-0.4, -0.2) is 24.9 Å². The minimum atomic E-state index is -0.0720. The van der Waals surface area contributed by atoms with Crippen molar-refractivity contribution in [1.82, 2.24) is 10.6 Å². The number of hydrogen-bond donors (Lipinski definition) is 2. The zero-order chi connectivity index (χ0) is 11.1. The van der Waals surface area contributed by atoms with Gasteiger partial charge in [-0.05, 0) is 13.3 Å². The minimum Gasteiger partial charge on any atom is -0.355 e. The molecule has 1 saturated heterocycles. The average molecular weight is 208 g/mol. The van der Waals surface area contributed by atoms with Crippen molar-refractivity contribution in [2.45, 2.75) is 26.2 Å². The Morgan fingerprint density at radius 2 is 2.47 bits per heavy atom. The first-order chi connectivity index (χ1) is 7.24. The van der Waals surface area contributed by atoms with Gasteiger partial charge in [0.05, 0.1) is 5.92 Å². The summed E-state index contributed by atoms with van der Waals surface area (Å²) in [6.07, 6.45) is 1.78. The van der Waals surface area contributed by atoms with Crippen molar-refractivity contribution >= 4 is 11.8 Å². The highest BCUT2D eigenvalue weighted by atomic mass is 16.2. The topological polar surface area (TPSA) is 58.2 Å². The lowest BCUT2D eigenvalue weighted by Crippen LogP contribution is -2.43. The van der Waals surface area contributed by atoms with E-state index in [0.29, 0.717) is 32.4 Å². The van der Waals surface area contributed by atoms with Crippen LogP contribution >= 0.6 is 0 Å². The van der Waals surface area contributed by atoms with Crippen LogP contribution in [0.15, 0.2) is 0 Å². The minimum absolute atomic E-state index is 0.0212. The van der Waals surface area contributed by atoms with E-state index >= 15 is 0 Å². The number of amides is 2. The molecule has 0 spiro atoms. The highest BCUT2D eigenvalue weighted by Gasteiger charge is 2.23. The highest BCUT2D eigenvalue weighted by molar-refractivity contribution is 5.83. The summed E-state index contributed by atoms with van der Waals surface area (Å²) in [5.74, 6) is 5.63. The molecular weight excluding hydrogens is 192 g/mol. The van der Waals surface area contributed by atoms with Crippen LogP contribution in [0.25, 0.3) is 0 Å². The molecule has 0 saturated carbocycles. The molecule has 15 heavy (non-hydrogen) atoms. The lowest BCUT2D eigenvalue weighted by atomic mass is 9.98. The Morgan fingerprint density at radius 3 is 3.07 bits per heavy atom. The van der Waals surface area contributed by atoms with Gasteiger partial charge < -0.3 is 10.6 Å². The standard InChI is InChI=1S/C11H16N2O2/c1-2-3-4-7-12-11(15)9-5-6-10(14)13-8-9/h9H,4-8H2,1H3,(H,12,15)(H,13,14). The van der Waals surface area contributed by atoms with Gasteiger partial charge in [0, 0.05) is 25.9 Å². The summed E-state index contributed by atoms with van der Waals surface area (Å²) in [5, 5.41) is 5.50. The van der Waals surface area contributed by atoms with Crippen LogP contribution in [0.5, 0.6) is 0 Å². The second kappa shape index (κ2) is 6.07. The predicted octanol–water partition coefficient (Wildman–Crippen LogP) is 0.0422. The molecule has 1 heterocycles. The normalized spacial score (nSPS) is 19.8. The molecule has 2 amide bonds. The molecule has 82 valence electrons. The van der Waals surface area contributed by atoms with Gasteiger partial charge in [0.2, 0.25) is 11.8 Å². The maximum Gasteiger partial charge on any atom is 0.224 e. The second-order valence-electron chi connectivity index (χ2n) is 3.51. The van der Waals surface area contributed by atoms with Crippen LogP contribution < -0.4 is 10.6 Å². The molecule has 1 aliphatic heterocycles. The van der Waals surface area contributed by atoms with E-state index in [2.05, 4.69) is 22.5 Å². The monoisotopic (exact) mass is 208 g/mol. The molecule has 4 heteroatoms. The number of rotatable bonds is 3. The fourth-order valence-corrected chi connectivity index (χ4v) is 1.47. The van der Waals surface area contributed by atoms with Crippen LogP contribution in [0.4, 0.5) is 0 Å². The van der Waals surface area contributed by atoms with E-state index in [1.54, 1.807) is 6.92 Å². The van der Waals surface area contributed by atoms with Crippen molar-refractivity contribution < 1.29 is 9.59 Å². The van der Waals surface area contributed by atoms with E-state index < -0.39 is 0 Å². The van der Waals surface area contributed by atoms with Gasteiger partial charge in [0.25, 0.3) is 0 Å². The first-order valence-electron chi connectivity index (χ1n) is 5.18. The van der Waals surface area contributed by atoms with E-state index in [1.165, 1.54) is 0 Å². The van der Waals surface area contributed by atoms with Gasteiger partial charge >= 0.3 is 0 Å². The van der Waals surface area contributed by atoms with E-state index in [1.807, 2.05) is 0 Å². The Kier molecular flexibility index (Phi) is 4.69. The summed E-state index contributed by atoms with van der Waals surface area (Å²) in [7, 11) is 0. The number of carbonyl (C=O) groups excluding carboxylic acids is 2. The van der Waals surface area contributed by atoms with Crippen molar-refractivity contribution in [2.75, 3.05) is 13.1 Å². The maximum absolute atomic E-state index is 11.6. The lowest BCUT2D eigenvalue weighted by Gasteiger charge is -2.21. The average Bonchev–Trinajstić information content (AvgIpc) is 2.25. The van der Waals surface area contributed by atoms with Crippen molar-refractivity contribution in [2.24, 2.45) is 5.92 Å². The van der Waals surface area contributed by atoms with Crippen LogP contribution in [0.1, 0.15) is 26.2 Å². The molecule has 0 aromatic heterocycles. The third-order valence-corrected chi connectivity index (χ3v) is 2.36. The second-order valence-corrected chi connectivity index (χ2v) is 3.51. The molecule has 0 bridgehead atoms. The van der Waals surface area contributed by atoms with Gasteiger partial charge in [-0.2, -0.15) is 0 Å². The molecule has 1 unspecified atom stereocenters. The molecule has 4 nitrogen and oxygen atoms in total. The van der Waals surface area contributed by atoms with Crippen LogP contribution in [-0.2, 0) is 9.59 Å². The summed E-state index contributed by atoms with van der Waals surface area (Å²) >= 11 is 0. The van der Waals surface area contributed by atoms with Crippen molar-refractivity contribution in [1.29, 1.82) is 0 Å². The number of hydrogen-bond acceptors (Lipinski definition) is 2. The van der Waals surface area contributed by atoms with Crippen molar-refractivity contribution in [3.05, 3.63) is 0 Å². The van der Waals surface area contributed by atoms with E-state index in [9.17, 15) is 9.59 Å². The molecular formula is C11H16N2O2. The van der Waals surface area contributed by atoms with E-state index in [4.69, 9.17) is 0 Å². The fourth-order valence-electron chi connectivity index (χ4n) is 1.47. The third kappa shape index (κ3) is 4.03. The third-order valence-electron chi connectivity index (χ3n) is 2.36. The maximum atomic E-state index is 11.6. The van der Waals surface area contributed by atoms with E-state index in [-0.39, 0.29) is 17.7 Å². The Hall–Kier alpha value is -1.50. The summed E-state index contributed by atoms with van der Waals surface area (Å²) in [6, 6.07) is 0. The molecule has 1 fully saturated rings. The Balaban J connectivity index is 2.21. The van der Waals surface area contributed by atoms with Gasteiger partial charge in [0.15, 0.2) is 0 Å². The first-order valence-corrected chi connectivity index (χ1v) is 5.18. The van der Waals surface area contributed by atoms with Gasteiger partial charge in [-0.25, -0.2) is 0 Å². The lowest BCUT2D eigenvalue weighted by molar-refractivity contribution is -0.128. The predicted molar refractivity (Wildman–Crippen MR) is 56.8 cm³/mol. The number of nitrogens with one attached hydrogen (secondary N) is 2. The van der Waals surface area contributed by atoms with Crippen LogP contribution in [0.2, 0.25) is 0 Å². The van der Waals surface area contributed by atoms with Crippen molar-refractivity contribution in [3.63, 3.8) is 0 Å². The quantitative estimate of drug-likeness (QED) is 0.508. The van der Waals surface area contributed by atoms with Gasteiger partial charge in [0.1, 0.15) is 0 Å². The Bertz CT molecular complexity index is 291. The van der Waals surface area contributed by atoms with Crippen molar-refractivity contribution in [3.8, 4) is 11.8 Å². The van der Waals surface area contributed by atoms with Crippen LogP contribution in [0, 0.1) is 17.8 Å². The Morgan fingerprint density at radius 1 is 1.67 bits per heavy atom.